The molecule has 0 aliphatic carbocycles. The van der Waals surface area contributed by atoms with Gasteiger partial charge in [0, 0.05) is 23.6 Å². The van der Waals surface area contributed by atoms with Gasteiger partial charge in [-0.05, 0) is 12.1 Å². The monoisotopic (exact) mass is 258 g/mol. The highest BCUT2D eigenvalue weighted by Crippen LogP contribution is 2.17. The van der Waals surface area contributed by atoms with Gasteiger partial charge in [-0.25, -0.2) is 4.68 Å². The van der Waals surface area contributed by atoms with Crippen LogP contribution in [0.3, 0.4) is 0 Å². The summed E-state index contributed by atoms with van der Waals surface area (Å²) in [4.78, 5) is 23.9. The van der Waals surface area contributed by atoms with Crippen LogP contribution >= 0.6 is 0 Å². The predicted octanol–water partition coefficient (Wildman–Crippen LogP) is 2.32. The molecule has 0 atom stereocenters. The Morgan fingerprint density at radius 2 is 1.84 bits per heavy atom. The summed E-state index contributed by atoms with van der Waals surface area (Å²) in [6.45, 7) is 5.63. The molecule has 1 aromatic heterocycles. The highest BCUT2D eigenvalue weighted by atomic mass is 16.1. The highest BCUT2D eigenvalue weighted by molar-refractivity contribution is 5.85. The number of hydrogen-bond donors (Lipinski definition) is 1. The van der Waals surface area contributed by atoms with E-state index in [1.54, 1.807) is 0 Å². The van der Waals surface area contributed by atoms with Gasteiger partial charge in [-0.2, -0.15) is 0 Å². The van der Waals surface area contributed by atoms with Crippen molar-refractivity contribution >= 4 is 5.78 Å². The number of ketones is 1. The molecule has 0 fully saturated rings. The second kappa shape index (κ2) is 4.88. The van der Waals surface area contributed by atoms with Crippen molar-refractivity contribution < 1.29 is 4.79 Å². The largest absolute Gasteiger partial charge is 0.299 e. The van der Waals surface area contributed by atoms with E-state index in [1.165, 1.54) is 10.7 Å². The first-order valence-electron chi connectivity index (χ1n) is 6.27. The lowest BCUT2D eigenvalue weighted by Gasteiger charge is -2.15. The fraction of sp³-hybridized carbons (Fsp3) is 0.333. The van der Waals surface area contributed by atoms with E-state index in [2.05, 4.69) is 5.10 Å². The average Bonchev–Trinajstić information content (AvgIpc) is 2.70. The maximum absolute atomic E-state index is 12.0. The number of carbonyl (C=O) groups excluding carboxylic acids is 1. The molecule has 0 unspecified atom stereocenters. The van der Waals surface area contributed by atoms with Crippen molar-refractivity contribution in [2.24, 2.45) is 5.41 Å². The van der Waals surface area contributed by atoms with Crippen LogP contribution in [0.15, 0.2) is 41.2 Å². The van der Waals surface area contributed by atoms with Crippen LogP contribution in [0.1, 0.15) is 26.5 Å². The molecule has 0 aliphatic heterocycles. The van der Waals surface area contributed by atoms with E-state index < -0.39 is 5.41 Å². The molecule has 0 radical (unpaired) electrons. The summed E-state index contributed by atoms with van der Waals surface area (Å²) < 4.78 is 1.45. The minimum absolute atomic E-state index is 0.106. The van der Waals surface area contributed by atoms with E-state index >= 15 is 0 Å². The molecular weight excluding hydrogens is 240 g/mol. The number of nitrogens with one attached hydrogen (secondary N) is 1. The fourth-order valence-corrected chi connectivity index (χ4v) is 1.74. The van der Waals surface area contributed by atoms with Crippen LogP contribution in [0, 0.1) is 5.41 Å². The van der Waals surface area contributed by atoms with Crippen LogP contribution in [0.4, 0.5) is 0 Å². The summed E-state index contributed by atoms with van der Waals surface area (Å²) in [5.41, 5.74) is 0.866. The van der Waals surface area contributed by atoms with Crippen molar-refractivity contribution in [3.63, 3.8) is 0 Å². The highest BCUT2D eigenvalue weighted by Gasteiger charge is 2.22. The van der Waals surface area contributed by atoms with Crippen LogP contribution in [0.5, 0.6) is 0 Å². The smallest absolute Gasteiger partial charge is 0.271 e. The third kappa shape index (κ3) is 3.02. The molecule has 2 aromatic rings. The molecule has 4 nitrogen and oxygen atoms in total. The predicted molar refractivity (Wildman–Crippen MR) is 74.6 cm³/mol. The van der Waals surface area contributed by atoms with Gasteiger partial charge in [0.2, 0.25) is 0 Å². The minimum Gasteiger partial charge on any atom is -0.299 e. The number of Topliss-reactive ketones (excluding diaryl/α,β-unsaturated/α-hetero) is 1. The zero-order valence-electron chi connectivity index (χ0n) is 11.4. The molecule has 0 bridgehead atoms. The molecule has 1 heterocycles. The molecule has 4 heteroatoms. The Labute approximate surface area is 112 Å². The Morgan fingerprint density at radius 3 is 2.42 bits per heavy atom. The number of benzene rings is 1. The first-order valence-corrected chi connectivity index (χ1v) is 6.27. The van der Waals surface area contributed by atoms with E-state index in [9.17, 15) is 9.59 Å². The standard InChI is InChI=1S/C15H18N2O2/c1-15(2,3)13(18)9-11-10-14(19)17(16-11)12-7-5-4-6-8-12/h4-8,10,16H,9H2,1-3H3. The summed E-state index contributed by atoms with van der Waals surface area (Å²) >= 11 is 0. The number of nitrogens with zero attached hydrogens (tertiary/aromatic N) is 1. The maximum atomic E-state index is 12.0. The number of aromatic amines is 1. The number of rotatable bonds is 3. The minimum atomic E-state index is -0.397. The Kier molecular flexibility index (Phi) is 3.42. The first kappa shape index (κ1) is 13.3. The van der Waals surface area contributed by atoms with Gasteiger partial charge in [-0.15, -0.1) is 0 Å². The van der Waals surface area contributed by atoms with E-state index in [1.807, 2.05) is 51.1 Å². The Balaban J connectivity index is 2.28. The summed E-state index contributed by atoms with van der Waals surface area (Å²) in [6.07, 6.45) is 0.249. The summed E-state index contributed by atoms with van der Waals surface area (Å²) in [5.74, 6) is 0.106. The Morgan fingerprint density at radius 1 is 1.21 bits per heavy atom. The molecule has 0 saturated carbocycles. The molecular formula is C15H18N2O2. The van der Waals surface area contributed by atoms with Gasteiger partial charge in [-0.1, -0.05) is 39.0 Å². The zero-order chi connectivity index (χ0) is 14.0. The molecule has 0 saturated heterocycles. The molecule has 1 aromatic carbocycles. The quantitative estimate of drug-likeness (QED) is 0.918. The lowest BCUT2D eigenvalue weighted by molar-refractivity contribution is -0.125. The van der Waals surface area contributed by atoms with Crippen LogP contribution in [-0.2, 0) is 11.2 Å². The van der Waals surface area contributed by atoms with Gasteiger partial charge < -0.3 is 0 Å². The van der Waals surface area contributed by atoms with Gasteiger partial charge in [0.05, 0.1) is 5.69 Å². The molecule has 0 spiro atoms. The second-order valence-electron chi connectivity index (χ2n) is 5.64. The van der Waals surface area contributed by atoms with Gasteiger partial charge >= 0.3 is 0 Å². The van der Waals surface area contributed by atoms with Crippen molar-refractivity contribution in [1.82, 2.24) is 9.78 Å². The second-order valence-corrected chi connectivity index (χ2v) is 5.64. The molecule has 19 heavy (non-hydrogen) atoms. The molecule has 100 valence electrons. The first-order chi connectivity index (χ1) is 8.88. The fourth-order valence-electron chi connectivity index (χ4n) is 1.74. The zero-order valence-corrected chi connectivity index (χ0v) is 11.4. The van der Waals surface area contributed by atoms with Gasteiger partial charge in [0.1, 0.15) is 5.78 Å². The van der Waals surface area contributed by atoms with Crippen LogP contribution in [0.2, 0.25) is 0 Å². The van der Waals surface area contributed by atoms with Crippen molar-refractivity contribution in [1.29, 1.82) is 0 Å². The lowest BCUT2D eigenvalue weighted by Crippen LogP contribution is -2.22. The SMILES string of the molecule is CC(C)(C)C(=O)Cc1cc(=O)n(-c2ccccc2)[nH]1. The molecule has 0 aliphatic rings. The number of hydrogen-bond acceptors (Lipinski definition) is 2. The van der Waals surface area contributed by atoms with Crippen LogP contribution < -0.4 is 5.56 Å². The number of carbonyl (C=O) groups is 1. The topological polar surface area (TPSA) is 54.9 Å². The average molecular weight is 258 g/mol. The third-order valence-electron chi connectivity index (χ3n) is 2.98. The summed E-state index contributed by atoms with van der Waals surface area (Å²) in [7, 11) is 0. The molecule has 1 N–H and O–H groups in total. The van der Waals surface area contributed by atoms with Crippen LogP contribution in [-0.4, -0.2) is 15.6 Å². The van der Waals surface area contributed by atoms with Crippen molar-refractivity contribution in [2.45, 2.75) is 27.2 Å². The summed E-state index contributed by atoms with van der Waals surface area (Å²) in [6, 6.07) is 10.8. The number of aromatic nitrogens is 2. The van der Waals surface area contributed by atoms with Gasteiger partial charge in [-0.3, -0.25) is 14.7 Å². The Hall–Kier alpha value is -2.10. The molecule has 0 amide bonds. The van der Waals surface area contributed by atoms with Crippen molar-refractivity contribution in [3.05, 3.63) is 52.4 Å². The third-order valence-corrected chi connectivity index (χ3v) is 2.98. The van der Waals surface area contributed by atoms with E-state index in [-0.39, 0.29) is 17.8 Å². The number of para-hydroxylation sites is 1. The van der Waals surface area contributed by atoms with E-state index in [4.69, 9.17) is 0 Å². The van der Waals surface area contributed by atoms with Crippen LogP contribution in [0.25, 0.3) is 5.69 Å². The van der Waals surface area contributed by atoms with Gasteiger partial charge in [0.15, 0.2) is 0 Å². The van der Waals surface area contributed by atoms with E-state index in [0.717, 1.165) is 5.69 Å². The number of H-pyrrole nitrogens is 1. The lowest BCUT2D eigenvalue weighted by atomic mass is 9.88. The maximum Gasteiger partial charge on any atom is 0.271 e. The van der Waals surface area contributed by atoms with Gasteiger partial charge in [0.25, 0.3) is 5.56 Å². The van der Waals surface area contributed by atoms with E-state index in [0.29, 0.717) is 5.69 Å². The molecule has 2 rings (SSSR count). The van der Waals surface area contributed by atoms with Crippen molar-refractivity contribution in [2.75, 3.05) is 0 Å². The normalized spacial score (nSPS) is 11.5. The van der Waals surface area contributed by atoms with Crippen molar-refractivity contribution in [3.8, 4) is 5.69 Å². The summed E-state index contributed by atoms with van der Waals surface area (Å²) in [5, 5.41) is 2.98. The Bertz CT molecular complexity index is 630.